The molecule has 1 N–H and O–H groups in total. The molecular formula is C26H21NO7S. The molecule has 1 amide bonds. The van der Waals surface area contributed by atoms with Gasteiger partial charge < -0.3 is 14.8 Å². The molecule has 0 atom stereocenters. The molecule has 1 aromatic heterocycles. The Kier molecular flexibility index (Phi) is 6.61. The van der Waals surface area contributed by atoms with Crippen LogP contribution < -0.4 is 5.32 Å². The van der Waals surface area contributed by atoms with E-state index in [1.165, 1.54) is 35.6 Å². The number of amides is 1. The van der Waals surface area contributed by atoms with E-state index in [9.17, 15) is 24.0 Å². The van der Waals surface area contributed by atoms with Crippen LogP contribution in [0.3, 0.4) is 0 Å². The second kappa shape index (κ2) is 9.63. The van der Waals surface area contributed by atoms with Crippen LogP contribution in [0.4, 0.5) is 5.00 Å². The maximum absolute atomic E-state index is 13.1. The second-order valence-corrected chi connectivity index (χ2v) is 8.99. The maximum Gasteiger partial charge on any atom is 0.341 e. The molecule has 8 nitrogen and oxygen atoms in total. The normalized spacial score (nSPS) is 12.0. The third-order valence-corrected chi connectivity index (χ3v) is 6.75. The summed E-state index contributed by atoms with van der Waals surface area (Å²) in [6.45, 7) is 4.78. The molecule has 0 spiro atoms. The largest absolute Gasteiger partial charge is 0.462 e. The van der Waals surface area contributed by atoms with Crippen LogP contribution in [0.15, 0.2) is 42.5 Å². The first-order valence-corrected chi connectivity index (χ1v) is 11.6. The van der Waals surface area contributed by atoms with Gasteiger partial charge in [-0.15, -0.1) is 11.3 Å². The lowest BCUT2D eigenvalue weighted by Gasteiger charge is -2.19. The third kappa shape index (κ3) is 4.38. The Bertz CT molecular complexity index is 1400. The second-order valence-electron chi connectivity index (χ2n) is 7.76. The first kappa shape index (κ1) is 24.0. The Morgan fingerprint density at radius 2 is 1.51 bits per heavy atom. The minimum Gasteiger partial charge on any atom is -0.462 e. The number of benzene rings is 2. The Morgan fingerprint density at radius 3 is 2.20 bits per heavy atom. The fraction of sp³-hybridized carbons (Fsp3) is 0.192. The van der Waals surface area contributed by atoms with Crippen molar-refractivity contribution in [3.05, 3.63) is 86.3 Å². The zero-order valence-corrected chi connectivity index (χ0v) is 20.0. The van der Waals surface area contributed by atoms with Crippen LogP contribution in [0.2, 0.25) is 0 Å². The van der Waals surface area contributed by atoms with Crippen molar-refractivity contribution in [1.82, 2.24) is 0 Å². The van der Waals surface area contributed by atoms with E-state index < -0.39 is 30.2 Å². The summed E-state index contributed by atoms with van der Waals surface area (Å²) in [6, 6.07) is 10.7. The standard InChI is InChI=1S/C26H21NO7S/c1-4-33-26(32)20-13(2)14(3)35-24(20)27-19(28)12-34-25(31)18-11-7-10-17-21(18)23(30)16-9-6-5-8-15(16)22(17)29/h5-11H,4,12H2,1-3H3,(H,27,28). The van der Waals surface area contributed by atoms with E-state index in [0.29, 0.717) is 10.6 Å². The minimum atomic E-state index is -0.915. The fourth-order valence-corrected chi connectivity index (χ4v) is 4.92. The third-order valence-electron chi connectivity index (χ3n) is 5.62. The number of aryl methyl sites for hydroxylation is 1. The highest BCUT2D eigenvalue weighted by Crippen LogP contribution is 2.33. The molecule has 0 unspecified atom stereocenters. The first-order chi connectivity index (χ1) is 16.7. The van der Waals surface area contributed by atoms with Gasteiger partial charge in [0.25, 0.3) is 5.91 Å². The monoisotopic (exact) mass is 491 g/mol. The molecular weight excluding hydrogens is 470 g/mol. The topological polar surface area (TPSA) is 116 Å². The zero-order valence-electron chi connectivity index (χ0n) is 19.2. The van der Waals surface area contributed by atoms with Gasteiger partial charge in [-0.25, -0.2) is 9.59 Å². The highest BCUT2D eigenvalue weighted by molar-refractivity contribution is 7.16. The summed E-state index contributed by atoms with van der Waals surface area (Å²) in [5.74, 6) is -2.96. The Morgan fingerprint density at radius 1 is 0.857 bits per heavy atom. The number of rotatable bonds is 6. The minimum absolute atomic E-state index is 0.0456. The van der Waals surface area contributed by atoms with E-state index in [4.69, 9.17) is 9.47 Å². The number of fused-ring (bicyclic) bond motifs is 2. The lowest BCUT2D eigenvalue weighted by molar-refractivity contribution is -0.119. The molecule has 2 aromatic carbocycles. The molecule has 0 aliphatic heterocycles. The van der Waals surface area contributed by atoms with Crippen LogP contribution in [-0.2, 0) is 14.3 Å². The number of hydrogen-bond donors (Lipinski definition) is 1. The molecule has 0 saturated heterocycles. The molecule has 0 radical (unpaired) electrons. The quantitative estimate of drug-likeness (QED) is 0.404. The number of esters is 2. The smallest absolute Gasteiger partial charge is 0.341 e. The van der Waals surface area contributed by atoms with Gasteiger partial charge in [0.15, 0.2) is 18.2 Å². The summed E-state index contributed by atoms with van der Waals surface area (Å²) in [4.78, 5) is 64.4. The molecule has 9 heteroatoms. The van der Waals surface area contributed by atoms with Crippen molar-refractivity contribution in [2.24, 2.45) is 0 Å². The molecule has 1 heterocycles. The number of ketones is 2. The van der Waals surface area contributed by atoms with Crippen LogP contribution in [0.5, 0.6) is 0 Å². The molecule has 3 aromatic rings. The number of ether oxygens (including phenoxy) is 2. The molecule has 1 aliphatic rings. The predicted octanol–water partition coefficient (Wildman–Crippen LogP) is 4.11. The lowest BCUT2D eigenvalue weighted by atomic mass is 9.82. The summed E-state index contributed by atoms with van der Waals surface area (Å²) >= 11 is 1.21. The van der Waals surface area contributed by atoms with Gasteiger partial charge in [0.2, 0.25) is 0 Å². The fourth-order valence-electron chi connectivity index (χ4n) is 3.85. The molecule has 4 rings (SSSR count). The summed E-state index contributed by atoms with van der Waals surface area (Å²) in [5, 5.41) is 2.89. The van der Waals surface area contributed by atoms with Gasteiger partial charge in [0, 0.05) is 27.1 Å². The van der Waals surface area contributed by atoms with Crippen molar-refractivity contribution in [1.29, 1.82) is 0 Å². The Hall–Kier alpha value is -4.11. The predicted molar refractivity (Wildman–Crippen MR) is 128 cm³/mol. The number of carbonyl (C=O) groups excluding carboxylic acids is 5. The average molecular weight is 492 g/mol. The van der Waals surface area contributed by atoms with E-state index >= 15 is 0 Å². The molecule has 35 heavy (non-hydrogen) atoms. The SMILES string of the molecule is CCOC(=O)c1c(NC(=O)COC(=O)c2cccc3c2C(=O)c2ccccc2C3=O)sc(C)c1C. The van der Waals surface area contributed by atoms with Gasteiger partial charge in [-0.2, -0.15) is 0 Å². The summed E-state index contributed by atoms with van der Waals surface area (Å²) in [6.07, 6.45) is 0. The van der Waals surface area contributed by atoms with Crippen molar-refractivity contribution in [2.75, 3.05) is 18.5 Å². The maximum atomic E-state index is 13.1. The van der Waals surface area contributed by atoms with Crippen molar-refractivity contribution in [2.45, 2.75) is 20.8 Å². The van der Waals surface area contributed by atoms with Crippen LogP contribution in [0, 0.1) is 13.8 Å². The first-order valence-electron chi connectivity index (χ1n) is 10.8. The van der Waals surface area contributed by atoms with E-state index in [1.54, 1.807) is 32.0 Å². The number of carbonyl (C=O) groups is 5. The summed E-state index contributed by atoms with van der Waals surface area (Å²) < 4.78 is 10.2. The Labute approximate surface area is 204 Å². The number of nitrogens with one attached hydrogen (secondary N) is 1. The Balaban J connectivity index is 1.52. The van der Waals surface area contributed by atoms with Gasteiger partial charge in [0.05, 0.1) is 17.7 Å². The van der Waals surface area contributed by atoms with Gasteiger partial charge in [0.1, 0.15) is 5.00 Å². The highest BCUT2D eigenvalue weighted by Gasteiger charge is 2.33. The van der Waals surface area contributed by atoms with Gasteiger partial charge >= 0.3 is 11.9 Å². The van der Waals surface area contributed by atoms with Crippen LogP contribution in [0.1, 0.15) is 69.9 Å². The highest BCUT2D eigenvalue weighted by atomic mass is 32.1. The van der Waals surface area contributed by atoms with Crippen molar-refractivity contribution < 1.29 is 33.4 Å². The van der Waals surface area contributed by atoms with Crippen LogP contribution in [-0.4, -0.2) is 42.6 Å². The zero-order chi connectivity index (χ0) is 25.3. The molecule has 178 valence electrons. The molecule has 0 bridgehead atoms. The number of thiophene rings is 1. The summed E-state index contributed by atoms with van der Waals surface area (Å²) in [5.41, 5.74) is 1.39. The van der Waals surface area contributed by atoms with E-state index in [1.807, 2.05) is 6.92 Å². The average Bonchev–Trinajstić information content (AvgIpc) is 3.13. The van der Waals surface area contributed by atoms with E-state index in [-0.39, 0.29) is 45.8 Å². The lowest BCUT2D eigenvalue weighted by Crippen LogP contribution is -2.26. The molecule has 0 fully saturated rings. The van der Waals surface area contributed by atoms with Crippen molar-refractivity contribution in [3.63, 3.8) is 0 Å². The van der Waals surface area contributed by atoms with Crippen molar-refractivity contribution >= 4 is 45.8 Å². The van der Waals surface area contributed by atoms with Gasteiger partial charge in [-0.05, 0) is 32.4 Å². The van der Waals surface area contributed by atoms with Crippen LogP contribution in [0.25, 0.3) is 0 Å². The van der Waals surface area contributed by atoms with Gasteiger partial charge in [-0.1, -0.05) is 36.4 Å². The van der Waals surface area contributed by atoms with Crippen molar-refractivity contribution in [3.8, 4) is 0 Å². The van der Waals surface area contributed by atoms with Gasteiger partial charge in [-0.3, -0.25) is 14.4 Å². The summed E-state index contributed by atoms with van der Waals surface area (Å²) in [7, 11) is 0. The van der Waals surface area contributed by atoms with E-state index in [2.05, 4.69) is 5.32 Å². The number of hydrogen-bond acceptors (Lipinski definition) is 8. The molecule has 0 saturated carbocycles. The van der Waals surface area contributed by atoms with E-state index in [0.717, 1.165) is 4.88 Å². The number of anilines is 1. The molecule has 1 aliphatic carbocycles. The van der Waals surface area contributed by atoms with Crippen LogP contribution >= 0.6 is 11.3 Å².